The molecule has 0 unspecified atom stereocenters. The van der Waals surface area contributed by atoms with Gasteiger partial charge >= 0.3 is 6.18 Å². The number of para-hydroxylation sites is 2. The summed E-state index contributed by atoms with van der Waals surface area (Å²) in [5, 5.41) is 0.433. The van der Waals surface area contributed by atoms with Gasteiger partial charge in [0.2, 0.25) is 0 Å². The first-order chi connectivity index (χ1) is 14.4. The fourth-order valence-electron chi connectivity index (χ4n) is 3.20. The molecule has 0 spiro atoms. The maximum atomic E-state index is 13.2. The number of aromatic nitrogens is 2. The van der Waals surface area contributed by atoms with E-state index in [2.05, 4.69) is 4.98 Å². The molecule has 156 valence electrons. The van der Waals surface area contributed by atoms with Gasteiger partial charge in [-0.1, -0.05) is 42.1 Å². The van der Waals surface area contributed by atoms with Crippen molar-refractivity contribution in [3.8, 4) is 11.4 Å². The average Bonchev–Trinajstić information content (AvgIpc) is 3.21. The predicted molar refractivity (Wildman–Crippen MR) is 112 cm³/mol. The molecule has 0 saturated heterocycles. The molecule has 9 heteroatoms. The number of benzene rings is 2. The Hall–Kier alpha value is -2.39. The standard InChI is InChI=1S/C21H17F3N2O2S2/c1-28-17-8-3-2-7-16(17)26-19(27)18-15(9-10-29-18)25-20(26)30-12-13-5-4-6-14(11-13)21(22,23)24/h2-8,11H,9-10,12H2,1H3. The fourth-order valence-corrected chi connectivity index (χ4v) is 5.19. The van der Waals surface area contributed by atoms with Gasteiger partial charge in [0.05, 0.1) is 29.0 Å². The van der Waals surface area contributed by atoms with Crippen LogP contribution in [0.25, 0.3) is 5.69 Å². The molecule has 0 fully saturated rings. The van der Waals surface area contributed by atoms with Crippen molar-refractivity contribution < 1.29 is 17.9 Å². The highest BCUT2D eigenvalue weighted by Gasteiger charge is 2.30. The first-order valence-electron chi connectivity index (χ1n) is 9.09. The number of methoxy groups -OCH3 is 1. The summed E-state index contributed by atoms with van der Waals surface area (Å²) >= 11 is 2.71. The molecule has 0 amide bonds. The number of aryl methyl sites for hydroxylation is 1. The van der Waals surface area contributed by atoms with Crippen molar-refractivity contribution in [2.24, 2.45) is 0 Å². The lowest BCUT2D eigenvalue weighted by atomic mass is 10.1. The van der Waals surface area contributed by atoms with Gasteiger partial charge in [0.15, 0.2) is 5.16 Å². The highest BCUT2D eigenvalue weighted by Crippen LogP contribution is 2.34. The molecule has 0 N–H and O–H groups in total. The van der Waals surface area contributed by atoms with E-state index in [4.69, 9.17) is 4.74 Å². The Labute approximate surface area is 179 Å². The molecule has 2 heterocycles. The largest absolute Gasteiger partial charge is 0.495 e. The van der Waals surface area contributed by atoms with Crippen molar-refractivity contribution in [2.45, 2.75) is 28.4 Å². The second kappa shape index (κ2) is 8.39. The minimum Gasteiger partial charge on any atom is -0.495 e. The van der Waals surface area contributed by atoms with E-state index < -0.39 is 11.7 Å². The van der Waals surface area contributed by atoms with Crippen LogP contribution in [0.4, 0.5) is 13.2 Å². The average molecular weight is 451 g/mol. The van der Waals surface area contributed by atoms with Crippen LogP contribution in [0.3, 0.4) is 0 Å². The lowest BCUT2D eigenvalue weighted by molar-refractivity contribution is -0.137. The first-order valence-corrected chi connectivity index (χ1v) is 11.1. The molecule has 0 radical (unpaired) electrons. The van der Waals surface area contributed by atoms with Gasteiger partial charge in [-0.05, 0) is 23.8 Å². The molecule has 0 saturated carbocycles. The van der Waals surface area contributed by atoms with E-state index in [9.17, 15) is 18.0 Å². The number of ether oxygens (including phenoxy) is 1. The van der Waals surface area contributed by atoms with Crippen LogP contribution in [-0.4, -0.2) is 22.4 Å². The Bertz CT molecular complexity index is 1150. The summed E-state index contributed by atoms with van der Waals surface area (Å²) in [7, 11) is 1.52. The molecule has 1 aromatic heterocycles. The van der Waals surface area contributed by atoms with E-state index in [1.165, 1.54) is 41.3 Å². The number of halogens is 3. The van der Waals surface area contributed by atoms with Crippen molar-refractivity contribution >= 4 is 23.5 Å². The van der Waals surface area contributed by atoms with E-state index in [-0.39, 0.29) is 11.3 Å². The van der Waals surface area contributed by atoms with Crippen LogP contribution in [0.5, 0.6) is 5.75 Å². The van der Waals surface area contributed by atoms with E-state index in [1.807, 2.05) is 0 Å². The van der Waals surface area contributed by atoms with Gasteiger partial charge < -0.3 is 4.74 Å². The zero-order valence-electron chi connectivity index (χ0n) is 15.9. The first kappa shape index (κ1) is 20.9. The second-order valence-corrected chi connectivity index (χ2v) is 8.62. The minimum absolute atomic E-state index is 0.182. The third-order valence-electron chi connectivity index (χ3n) is 4.61. The molecule has 0 atom stereocenters. The molecule has 1 aliphatic rings. The van der Waals surface area contributed by atoms with Crippen molar-refractivity contribution in [1.82, 2.24) is 9.55 Å². The molecular formula is C21H17F3N2O2S2. The molecule has 4 rings (SSSR count). The van der Waals surface area contributed by atoms with E-state index in [0.29, 0.717) is 33.5 Å². The number of nitrogens with zero attached hydrogens (tertiary/aromatic N) is 2. The SMILES string of the molecule is COc1ccccc1-n1c(SCc2cccc(C(F)(F)F)c2)nc2c(c1=O)SCC2. The molecule has 4 nitrogen and oxygen atoms in total. The Balaban J connectivity index is 1.75. The summed E-state index contributed by atoms with van der Waals surface area (Å²) in [6.07, 6.45) is -3.71. The minimum atomic E-state index is -4.40. The summed E-state index contributed by atoms with van der Waals surface area (Å²) in [4.78, 5) is 18.5. The third kappa shape index (κ3) is 4.09. The van der Waals surface area contributed by atoms with Gasteiger partial charge in [-0.3, -0.25) is 9.36 Å². The van der Waals surface area contributed by atoms with Gasteiger partial charge in [-0.2, -0.15) is 13.2 Å². The van der Waals surface area contributed by atoms with Gasteiger partial charge in [0, 0.05) is 17.9 Å². The second-order valence-electron chi connectivity index (χ2n) is 6.57. The summed E-state index contributed by atoms with van der Waals surface area (Å²) in [6.45, 7) is 0. The fraction of sp³-hybridized carbons (Fsp3) is 0.238. The van der Waals surface area contributed by atoms with Crippen LogP contribution in [0, 0.1) is 0 Å². The Morgan fingerprint density at radius 2 is 2.00 bits per heavy atom. The van der Waals surface area contributed by atoms with E-state index in [1.54, 1.807) is 30.3 Å². The van der Waals surface area contributed by atoms with E-state index >= 15 is 0 Å². The Morgan fingerprint density at radius 1 is 1.20 bits per heavy atom. The number of thioether (sulfide) groups is 2. The van der Waals surface area contributed by atoms with Crippen LogP contribution < -0.4 is 10.3 Å². The number of hydrogen-bond acceptors (Lipinski definition) is 5. The van der Waals surface area contributed by atoms with Gasteiger partial charge in [0.1, 0.15) is 5.75 Å². The maximum absolute atomic E-state index is 13.2. The molecule has 0 bridgehead atoms. The van der Waals surface area contributed by atoms with Crippen molar-refractivity contribution in [2.75, 3.05) is 12.9 Å². The van der Waals surface area contributed by atoms with Crippen molar-refractivity contribution in [1.29, 1.82) is 0 Å². The highest BCUT2D eigenvalue weighted by atomic mass is 32.2. The monoisotopic (exact) mass is 450 g/mol. The van der Waals surface area contributed by atoms with E-state index in [0.717, 1.165) is 23.6 Å². The predicted octanol–water partition coefficient (Wildman–Crippen LogP) is 5.20. The van der Waals surface area contributed by atoms with Gasteiger partial charge in [-0.25, -0.2) is 4.98 Å². The zero-order valence-corrected chi connectivity index (χ0v) is 17.5. The quantitative estimate of drug-likeness (QED) is 0.395. The van der Waals surface area contributed by atoms with Crippen molar-refractivity contribution in [3.63, 3.8) is 0 Å². The lowest BCUT2D eigenvalue weighted by Crippen LogP contribution is -2.24. The van der Waals surface area contributed by atoms with Crippen LogP contribution in [0.15, 0.2) is 63.4 Å². The zero-order chi connectivity index (χ0) is 21.3. The van der Waals surface area contributed by atoms with Crippen LogP contribution >= 0.6 is 23.5 Å². The Morgan fingerprint density at radius 3 is 2.77 bits per heavy atom. The van der Waals surface area contributed by atoms with Gasteiger partial charge in [0.25, 0.3) is 5.56 Å². The van der Waals surface area contributed by atoms with Crippen molar-refractivity contribution in [3.05, 3.63) is 75.7 Å². The summed E-state index contributed by atoms with van der Waals surface area (Å²) in [6, 6.07) is 12.3. The normalized spacial score (nSPS) is 13.3. The number of rotatable bonds is 5. The van der Waals surface area contributed by atoms with Crippen LogP contribution in [-0.2, 0) is 18.3 Å². The van der Waals surface area contributed by atoms with Gasteiger partial charge in [-0.15, -0.1) is 11.8 Å². The number of hydrogen-bond donors (Lipinski definition) is 0. The summed E-state index contributed by atoms with van der Waals surface area (Å²) < 4.78 is 46.0. The molecule has 2 aromatic carbocycles. The molecule has 1 aliphatic heterocycles. The summed E-state index contributed by atoms with van der Waals surface area (Å²) in [5.41, 5.74) is 0.923. The number of alkyl halides is 3. The molecule has 30 heavy (non-hydrogen) atoms. The molecule has 0 aliphatic carbocycles. The third-order valence-corrected chi connectivity index (χ3v) is 6.73. The maximum Gasteiger partial charge on any atom is 0.416 e. The molecule has 3 aromatic rings. The smallest absolute Gasteiger partial charge is 0.416 e. The van der Waals surface area contributed by atoms with Crippen LogP contribution in [0.1, 0.15) is 16.8 Å². The summed E-state index contributed by atoms with van der Waals surface area (Å²) in [5.74, 6) is 1.55. The Kier molecular flexibility index (Phi) is 5.84. The molecular weight excluding hydrogens is 433 g/mol. The lowest BCUT2D eigenvalue weighted by Gasteiger charge is -2.16. The topological polar surface area (TPSA) is 44.1 Å². The van der Waals surface area contributed by atoms with Crippen LogP contribution in [0.2, 0.25) is 0 Å². The number of fused-ring (bicyclic) bond motifs is 1. The highest BCUT2D eigenvalue weighted by molar-refractivity contribution is 7.99.